The van der Waals surface area contributed by atoms with Crippen LogP contribution in [0.3, 0.4) is 0 Å². The van der Waals surface area contributed by atoms with Crippen molar-refractivity contribution < 1.29 is 18.1 Å². The second kappa shape index (κ2) is 8.17. The molecule has 8 nitrogen and oxygen atoms in total. The number of carbonyl (C=O) groups excluding carboxylic acids is 1. The van der Waals surface area contributed by atoms with Crippen molar-refractivity contribution in [3.05, 3.63) is 63.7 Å². The van der Waals surface area contributed by atoms with Gasteiger partial charge in [0, 0.05) is 26.1 Å². The maximum absolute atomic E-state index is 12.9. The minimum absolute atomic E-state index is 0.135. The third-order valence-corrected chi connectivity index (χ3v) is 5.66. The van der Waals surface area contributed by atoms with Gasteiger partial charge in [-0.2, -0.15) is 0 Å². The van der Waals surface area contributed by atoms with E-state index in [1.54, 1.807) is 29.2 Å². The highest BCUT2D eigenvalue weighted by atomic mass is 32.2. The number of anilines is 1. The lowest BCUT2D eigenvalue weighted by molar-refractivity contribution is -0.387. The number of hydrogen-bond acceptors (Lipinski definition) is 5. The lowest BCUT2D eigenvalue weighted by Crippen LogP contribution is -2.28. The summed E-state index contributed by atoms with van der Waals surface area (Å²) < 4.78 is 28.2. The van der Waals surface area contributed by atoms with Gasteiger partial charge < -0.3 is 4.90 Å². The van der Waals surface area contributed by atoms with E-state index >= 15 is 0 Å². The minimum atomic E-state index is -4.20. The number of aryl methyl sites for hydroxylation is 1. The molecule has 1 N–H and O–H groups in total. The van der Waals surface area contributed by atoms with E-state index in [4.69, 9.17) is 0 Å². The van der Waals surface area contributed by atoms with Crippen molar-refractivity contribution in [3.8, 4) is 0 Å². The van der Waals surface area contributed by atoms with E-state index in [2.05, 4.69) is 4.72 Å². The van der Waals surface area contributed by atoms with Crippen LogP contribution in [0.1, 0.15) is 25.0 Å². The molecule has 0 unspecified atom stereocenters. The van der Waals surface area contributed by atoms with Crippen LogP contribution in [-0.2, 0) is 21.4 Å². The van der Waals surface area contributed by atoms with Gasteiger partial charge in [-0.25, -0.2) is 8.42 Å². The van der Waals surface area contributed by atoms with Crippen molar-refractivity contribution >= 4 is 27.3 Å². The third-order valence-electron chi connectivity index (χ3n) is 4.11. The number of rotatable bonds is 7. The second-order valence-electron chi connectivity index (χ2n) is 5.98. The Balaban J connectivity index is 2.46. The normalized spacial score (nSPS) is 11.1. The summed E-state index contributed by atoms with van der Waals surface area (Å²) >= 11 is 0. The van der Waals surface area contributed by atoms with Crippen LogP contribution in [0.4, 0.5) is 11.4 Å². The Bertz CT molecular complexity index is 973. The van der Waals surface area contributed by atoms with Crippen molar-refractivity contribution in [2.24, 2.45) is 0 Å². The van der Waals surface area contributed by atoms with Gasteiger partial charge in [-0.3, -0.25) is 19.6 Å². The summed E-state index contributed by atoms with van der Waals surface area (Å²) in [5, 5.41) is 11.3. The van der Waals surface area contributed by atoms with Gasteiger partial charge in [0.2, 0.25) is 5.91 Å². The topological polar surface area (TPSA) is 110 Å². The maximum atomic E-state index is 12.9. The van der Waals surface area contributed by atoms with Gasteiger partial charge in [0.15, 0.2) is 4.90 Å². The van der Waals surface area contributed by atoms with Crippen molar-refractivity contribution in [1.82, 2.24) is 4.90 Å². The highest BCUT2D eigenvalue weighted by Gasteiger charge is 2.28. The van der Waals surface area contributed by atoms with Crippen LogP contribution < -0.4 is 4.72 Å². The SMILES string of the molecule is CCN(Cc1ccccc1NS(=O)(=O)c1c(C)cccc1[N+](=O)[O-])C(C)=O. The maximum Gasteiger partial charge on any atom is 0.290 e. The number of nitrogens with zero attached hydrogens (tertiary/aromatic N) is 2. The molecule has 144 valence electrons. The molecule has 2 rings (SSSR count). The van der Waals surface area contributed by atoms with Gasteiger partial charge in [-0.05, 0) is 31.0 Å². The highest BCUT2D eigenvalue weighted by Crippen LogP contribution is 2.30. The summed E-state index contributed by atoms with van der Waals surface area (Å²) in [5.41, 5.74) is 0.649. The fourth-order valence-corrected chi connectivity index (χ4v) is 4.24. The number of para-hydroxylation sites is 1. The molecule has 0 spiro atoms. The number of nitrogens with one attached hydrogen (secondary N) is 1. The minimum Gasteiger partial charge on any atom is -0.339 e. The summed E-state index contributed by atoms with van der Waals surface area (Å²) in [6.07, 6.45) is 0. The summed E-state index contributed by atoms with van der Waals surface area (Å²) in [5.74, 6) is -0.135. The molecule has 0 bridgehead atoms. The molecular weight excluding hydrogens is 370 g/mol. The zero-order chi connectivity index (χ0) is 20.2. The summed E-state index contributed by atoms with van der Waals surface area (Å²) in [6.45, 7) is 5.46. The number of sulfonamides is 1. The molecule has 0 atom stereocenters. The lowest BCUT2D eigenvalue weighted by atomic mass is 10.1. The van der Waals surface area contributed by atoms with E-state index in [0.717, 1.165) is 6.07 Å². The van der Waals surface area contributed by atoms with Gasteiger partial charge in [0.25, 0.3) is 15.7 Å². The monoisotopic (exact) mass is 391 g/mol. The van der Waals surface area contributed by atoms with Crippen molar-refractivity contribution in [2.45, 2.75) is 32.2 Å². The van der Waals surface area contributed by atoms with E-state index < -0.39 is 20.6 Å². The first kappa shape index (κ1) is 20.4. The molecule has 0 aliphatic carbocycles. The number of nitro groups is 1. The van der Waals surface area contributed by atoms with Crippen LogP contribution in [0.25, 0.3) is 0 Å². The Morgan fingerprint density at radius 1 is 1.19 bits per heavy atom. The number of amides is 1. The molecule has 1 amide bonds. The largest absolute Gasteiger partial charge is 0.339 e. The predicted octanol–water partition coefficient (Wildman–Crippen LogP) is 3.07. The zero-order valence-corrected chi connectivity index (χ0v) is 16.1. The standard InChI is InChI=1S/C18H21N3O5S/c1-4-20(14(3)22)12-15-9-5-6-10-16(15)19-27(25,26)18-13(2)8-7-11-17(18)21(23)24/h5-11,19H,4,12H2,1-3H3. The Hall–Kier alpha value is -2.94. The fraction of sp³-hybridized carbons (Fsp3) is 0.278. The second-order valence-corrected chi connectivity index (χ2v) is 7.60. The number of nitro benzene ring substituents is 1. The predicted molar refractivity (Wildman–Crippen MR) is 102 cm³/mol. The molecule has 9 heteroatoms. The van der Waals surface area contributed by atoms with E-state index in [9.17, 15) is 23.3 Å². The molecule has 0 fully saturated rings. The van der Waals surface area contributed by atoms with Gasteiger partial charge in [-0.15, -0.1) is 0 Å². The quantitative estimate of drug-likeness (QED) is 0.576. The van der Waals surface area contributed by atoms with Crippen LogP contribution in [-0.4, -0.2) is 30.7 Å². The molecule has 0 aliphatic rings. The van der Waals surface area contributed by atoms with Crippen LogP contribution in [0.5, 0.6) is 0 Å². The lowest BCUT2D eigenvalue weighted by Gasteiger charge is -2.21. The van der Waals surface area contributed by atoms with Crippen LogP contribution in [0.15, 0.2) is 47.4 Å². The molecule has 0 saturated carbocycles. The van der Waals surface area contributed by atoms with Crippen LogP contribution >= 0.6 is 0 Å². The van der Waals surface area contributed by atoms with Crippen molar-refractivity contribution in [1.29, 1.82) is 0 Å². The Labute approximate surface area is 158 Å². The fourth-order valence-electron chi connectivity index (χ4n) is 2.74. The van der Waals surface area contributed by atoms with Gasteiger partial charge in [-0.1, -0.05) is 30.3 Å². The smallest absolute Gasteiger partial charge is 0.290 e. The third kappa shape index (κ3) is 4.62. The van der Waals surface area contributed by atoms with Crippen LogP contribution in [0.2, 0.25) is 0 Å². The first-order valence-electron chi connectivity index (χ1n) is 8.27. The van der Waals surface area contributed by atoms with E-state index in [-0.39, 0.29) is 28.6 Å². The molecule has 27 heavy (non-hydrogen) atoms. The first-order chi connectivity index (χ1) is 12.7. The van der Waals surface area contributed by atoms with Gasteiger partial charge >= 0.3 is 0 Å². The first-order valence-corrected chi connectivity index (χ1v) is 9.76. The zero-order valence-electron chi connectivity index (χ0n) is 15.3. The summed E-state index contributed by atoms with van der Waals surface area (Å²) in [6, 6.07) is 10.7. The summed E-state index contributed by atoms with van der Waals surface area (Å²) in [7, 11) is -4.20. The Kier molecular flexibility index (Phi) is 6.17. The molecule has 0 aromatic heterocycles. The molecule has 0 aliphatic heterocycles. The molecular formula is C18H21N3O5S. The van der Waals surface area contributed by atoms with Crippen molar-refractivity contribution in [3.63, 3.8) is 0 Å². The van der Waals surface area contributed by atoms with E-state index in [0.29, 0.717) is 12.1 Å². The highest BCUT2D eigenvalue weighted by molar-refractivity contribution is 7.93. The number of hydrogen-bond donors (Lipinski definition) is 1. The van der Waals surface area contributed by atoms with Crippen molar-refractivity contribution in [2.75, 3.05) is 11.3 Å². The molecule has 0 radical (unpaired) electrons. The molecule has 0 saturated heterocycles. The number of carbonyl (C=O) groups is 1. The van der Waals surface area contributed by atoms with E-state index in [1.807, 2.05) is 6.92 Å². The van der Waals surface area contributed by atoms with Gasteiger partial charge in [0.1, 0.15) is 0 Å². The average Bonchev–Trinajstić information content (AvgIpc) is 2.59. The molecule has 0 heterocycles. The molecule has 2 aromatic rings. The van der Waals surface area contributed by atoms with Gasteiger partial charge in [0.05, 0.1) is 10.6 Å². The Morgan fingerprint density at radius 3 is 2.44 bits per heavy atom. The number of benzene rings is 2. The molecule has 2 aromatic carbocycles. The summed E-state index contributed by atoms with van der Waals surface area (Å²) in [4.78, 5) is 23.4. The Morgan fingerprint density at radius 2 is 1.85 bits per heavy atom. The van der Waals surface area contributed by atoms with E-state index in [1.165, 1.54) is 26.0 Å². The average molecular weight is 391 g/mol. The van der Waals surface area contributed by atoms with Crippen LogP contribution in [0, 0.1) is 17.0 Å².